The lowest BCUT2D eigenvalue weighted by molar-refractivity contribution is 0.0370. The van der Waals surface area contributed by atoms with Gasteiger partial charge < -0.3 is 15.0 Å². The molecule has 0 radical (unpaired) electrons. The van der Waals surface area contributed by atoms with E-state index in [1.807, 2.05) is 47.2 Å². The van der Waals surface area contributed by atoms with Crippen molar-refractivity contribution in [2.45, 2.75) is 65.0 Å². The molecule has 0 aromatic heterocycles. The van der Waals surface area contributed by atoms with Crippen LogP contribution >= 0.6 is 35.0 Å². The number of allylic oxidation sites excluding steroid dienone is 1. The Kier molecular flexibility index (Phi) is 15.9. The molecule has 2 N–H and O–H groups in total. The number of alkyl halides is 3. The Morgan fingerprint density at radius 2 is 1.55 bits per heavy atom. The largest absolute Gasteiger partial charge is 0.427 e. The molecule has 18 heteroatoms. The highest BCUT2D eigenvalue weighted by Gasteiger charge is 2.46. The lowest BCUT2D eigenvalue weighted by Gasteiger charge is -2.39. The van der Waals surface area contributed by atoms with Crippen LogP contribution in [0, 0.1) is 5.41 Å². The zero-order valence-corrected chi connectivity index (χ0v) is 40.4. The summed E-state index contributed by atoms with van der Waals surface area (Å²) in [6.45, 7) is 11.9. The number of piperazine rings is 1. The number of hydrogen-bond acceptors (Lipinski definition) is 11. The summed E-state index contributed by atoms with van der Waals surface area (Å²) in [5.41, 5.74) is 4.98. The molecule has 2 fully saturated rings. The van der Waals surface area contributed by atoms with Crippen LogP contribution in [0.25, 0.3) is 5.57 Å². The highest BCUT2D eigenvalue weighted by Crippen LogP contribution is 2.44. The van der Waals surface area contributed by atoms with E-state index in [0.29, 0.717) is 51.1 Å². The van der Waals surface area contributed by atoms with Crippen LogP contribution in [0.1, 0.15) is 55.5 Å². The van der Waals surface area contributed by atoms with Crippen molar-refractivity contribution in [1.82, 2.24) is 14.5 Å². The summed E-state index contributed by atoms with van der Waals surface area (Å²) in [6.07, 6.45) is 3.69. The molecule has 1 aliphatic carbocycles. The van der Waals surface area contributed by atoms with Crippen LogP contribution in [0.3, 0.4) is 0 Å². The number of amides is 1. The van der Waals surface area contributed by atoms with E-state index < -0.39 is 46.3 Å². The summed E-state index contributed by atoms with van der Waals surface area (Å²) in [5.74, 6) is -0.544. The first-order valence-corrected chi connectivity index (χ1v) is 26.4. The van der Waals surface area contributed by atoms with E-state index in [2.05, 4.69) is 46.0 Å². The smallest absolute Gasteiger partial charge is 0.380 e. The predicted octanol–water partition coefficient (Wildman–Crippen LogP) is 9.10. The Hall–Kier alpha value is -3.74. The number of morpholine rings is 1. The van der Waals surface area contributed by atoms with Gasteiger partial charge in [-0.1, -0.05) is 61.4 Å². The van der Waals surface area contributed by atoms with Gasteiger partial charge in [0, 0.05) is 85.3 Å². The maximum Gasteiger partial charge on any atom is 0.427 e. The molecule has 350 valence electrons. The van der Waals surface area contributed by atoms with Crippen molar-refractivity contribution < 1.29 is 35.1 Å². The van der Waals surface area contributed by atoms with Crippen molar-refractivity contribution in [2.24, 2.45) is 5.41 Å². The molecule has 1 amide bonds. The molecule has 0 saturated carbocycles. The number of carbonyl (C=O) groups is 1. The Balaban J connectivity index is 1.02. The van der Waals surface area contributed by atoms with E-state index in [1.165, 1.54) is 40.6 Å². The van der Waals surface area contributed by atoms with Crippen molar-refractivity contribution in [2.75, 3.05) is 81.5 Å². The monoisotopic (exact) mass is 989 g/mol. The first-order chi connectivity index (χ1) is 30.9. The third-order valence-electron chi connectivity index (χ3n) is 12.2. The highest BCUT2D eigenvalue weighted by molar-refractivity contribution is 7.99. The second-order valence-electron chi connectivity index (χ2n) is 17.5. The fourth-order valence-electron chi connectivity index (χ4n) is 8.39. The molecule has 2 aliphatic heterocycles. The van der Waals surface area contributed by atoms with Gasteiger partial charge in [0.15, 0.2) is 0 Å². The molecule has 1 atom stereocenters. The summed E-state index contributed by atoms with van der Waals surface area (Å²) in [5, 5.41) is 3.82. The summed E-state index contributed by atoms with van der Waals surface area (Å²) >= 11 is 12.9. The van der Waals surface area contributed by atoms with Gasteiger partial charge in [-0.25, -0.2) is 21.6 Å². The average molecular weight is 991 g/mol. The van der Waals surface area contributed by atoms with Crippen molar-refractivity contribution in [3.63, 3.8) is 0 Å². The maximum atomic E-state index is 14.6. The molecule has 2 heterocycles. The molecule has 2 saturated heterocycles. The fraction of sp³-hybridized carbons (Fsp3) is 0.426. The number of nitrogens with zero attached hydrogens (tertiary/aromatic N) is 3. The van der Waals surface area contributed by atoms with E-state index in [0.717, 1.165) is 79.7 Å². The molecule has 4 aromatic carbocycles. The first-order valence-electron chi connectivity index (χ1n) is 21.7. The predicted molar refractivity (Wildman–Crippen MR) is 257 cm³/mol. The van der Waals surface area contributed by atoms with E-state index >= 15 is 0 Å². The summed E-state index contributed by atoms with van der Waals surface area (Å²) < 4.78 is 85.7. The van der Waals surface area contributed by atoms with Crippen LogP contribution in [0.2, 0.25) is 5.02 Å². The van der Waals surface area contributed by atoms with Gasteiger partial charge in [0.05, 0.1) is 28.7 Å². The Morgan fingerprint density at radius 3 is 2.22 bits per heavy atom. The number of nitrogens with one attached hydrogen (secondary N) is 2. The van der Waals surface area contributed by atoms with Gasteiger partial charge in [0.25, 0.3) is 25.8 Å². The quantitative estimate of drug-likeness (QED) is 0.0777. The number of thioether (sulfide) groups is 1. The molecule has 11 nitrogen and oxygen atoms in total. The number of benzene rings is 4. The van der Waals surface area contributed by atoms with E-state index in [1.54, 1.807) is 12.1 Å². The molecule has 4 aromatic rings. The van der Waals surface area contributed by atoms with Crippen molar-refractivity contribution in [3.05, 3.63) is 119 Å². The van der Waals surface area contributed by atoms with E-state index in [-0.39, 0.29) is 16.7 Å². The number of halogens is 4. The first kappa shape index (κ1) is 49.2. The minimum atomic E-state index is -5.62. The van der Waals surface area contributed by atoms with E-state index in [4.69, 9.17) is 27.9 Å². The fourth-order valence-corrected chi connectivity index (χ4v) is 11.8. The lowest BCUT2D eigenvalue weighted by atomic mass is 9.72. The number of carbonyl (C=O) groups excluding carboxylic acids is 1. The molecular formula is C47H55Cl2F2N5O6S3. The molecular weight excluding hydrogens is 936 g/mol. The van der Waals surface area contributed by atoms with Crippen LogP contribution in [0.15, 0.2) is 117 Å². The van der Waals surface area contributed by atoms with Gasteiger partial charge in [-0.15, -0.1) is 11.8 Å². The topological polar surface area (TPSA) is 128 Å². The summed E-state index contributed by atoms with van der Waals surface area (Å²) in [7, 11) is -10.4. The average Bonchev–Trinajstić information content (AvgIpc) is 3.28. The maximum absolute atomic E-state index is 14.6. The van der Waals surface area contributed by atoms with Gasteiger partial charge in [0.1, 0.15) is 0 Å². The third kappa shape index (κ3) is 12.8. The number of rotatable bonds is 17. The molecule has 7 rings (SSSR count). The van der Waals surface area contributed by atoms with Crippen LogP contribution in [-0.2, 0) is 24.6 Å². The van der Waals surface area contributed by atoms with Gasteiger partial charge in [-0.2, -0.15) is 8.78 Å². The molecule has 0 unspecified atom stereocenters. The number of sulfone groups is 1. The number of hydrogen-bond donors (Lipinski definition) is 2. The van der Waals surface area contributed by atoms with Crippen LogP contribution in [0.5, 0.6) is 0 Å². The molecule has 0 spiro atoms. The number of sulfonamides is 1. The van der Waals surface area contributed by atoms with Gasteiger partial charge in [-0.3, -0.25) is 14.6 Å². The Labute approximate surface area is 395 Å². The second kappa shape index (κ2) is 21.1. The van der Waals surface area contributed by atoms with Crippen molar-refractivity contribution >= 4 is 77.7 Å². The highest BCUT2D eigenvalue weighted by atomic mass is 35.5. The van der Waals surface area contributed by atoms with Crippen LogP contribution in [0.4, 0.5) is 20.2 Å². The minimum absolute atomic E-state index is 0.0373. The molecule has 3 aliphatic rings. The molecule has 0 bridgehead atoms. The van der Waals surface area contributed by atoms with E-state index in [9.17, 15) is 30.4 Å². The van der Waals surface area contributed by atoms with Crippen molar-refractivity contribution in [1.29, 1.82) is 0 Å². The zero-order valence-electron chi connectivity index (χ0n) is 36.4. The summed E-state index contributed by atoms with van der Waals surface area (Å²) in [4.78, 5) is 19.5. The number of ether oxygens (including phenoxy) is 1. The van der Waals surface area contributed by atoms with Crippen LogP contribution in [-0.4, -0.2) is 115 Å². The number of anilines is 2. The second-order valence-corrected chi connectivity index (χ2v) is 23.4. The SMILES string of the molecule is CC1(C)CCC(CN2CCN(c3ccc(C(=O)NS(=O)(=O)c4ccc(N[C@H](CCN5CCOCC5)CSc5ccccc5)c(S(=O)(=O)C(F)(F)Cl)c4)cc3)CC2)=C(c2ccc(Cl)cc2)C1. The Bertz CT molecular complexity index is 2530. The van der Waals surface area contributed by atoms with Crippen molar-refractivity contribution in [3.8, 4) is 0 Å². The Morgan fingerprint density at radius 1 is 0.877 bits per heavy atom. The standard InChI is InChI=1S/C47H55Cl2F2N5O6S3/c1-46(2)20-18-36(42(31-46)34-8-12-37(48)13-9-34)32-55-22-24-56(25-23-55)39-14-10-35(11-15-39)45(57)53-65(60,61)41-16-17-43(44(30-41)64(58,59)47(49,50)51)52-38(19-21-54-26-28-62-29-27-54)33-63-40-6-4-3-5-7-40/h3-17,30,38,52H,18-29,31-33H2,1-2H3,(H,53,57)/t38-/m1/s1. The van der Waals surface area contributed by atoms with Gasteiger partial charge in [-0.05, 0) is 121 Å². The van der Waals surface area contributed by atoms with Crippen LogP contribution < -0.4 is 14.9 Å². The normalized spacial score (nSPS) is 18.3. The summed E-state index contributed by atoms with van der Waals surface area (Å²) in [6, 6.07) is 26.5. The lowest BCUT2D eigenvalue weighted by Crippen LogP contribution is -2.47. The zero-order chi connectivity index (χ0) is 46.4. The van der Waals surface area contributed by atoms with Gasteiger partial charge >= 0.3 is 4.71 Å². The van der Waals surface area contributed by atoms with Gasteiger partial charge in [0.2, 0.25) is 0 Å². The minimum Gasteiger partial charge on any atom is -0.380 e. The molecule has 65 heavy (non-hydrogen) atoms. The third-order valence-corrected chi connectivity index (χ3v) is 17.1.